The van der Waals surface area contributed by atoms with Crippen LogP contribution < -0.4 is 16.6 Å². The van der Waals surface area contributed by atoms with E-state index in [9.17, 15) is 13.8 Å². The van der Waals surface area contributed by atoms with Gasteiger partial charge in [0, 0.05) is 61.3 Å². The number of hydrogen-bond donors (Lipinski definition) is 1. The van der Waals surface area contributed by atoms with E-state index in [4.69, 9.17) is 0 Å². The summed E-state index contributed by atoms with van der Waals surface area (Å²) in [5, 5.41) is 3.06. The van der Waals surface area contributed by atoms with E-state index in [0.717, 1.165) is 4.57 Å². The fourth-order valence-electron chi connectivity index (χ4n) is 1.56. The number of aryl methyl sites for hydroxylation is 1. The van der Waals surface area contributed by atoms with Crippen LogP contribution in [0, 0.1) is 0 Å². The third-order valence-corrected chi connectivity index (χ3v) is 3.96. The first kappa shape index (κ1) is 14.8. The maximum atomic E-state index is 11.8. The van der Waals surface area contributed by atoms with Crippen molar-refractivity contribution in [3.8, 4) is 0 Å². The lowest BCUT2D eigenvalue weighted by Gasteiger charge is -2.07. The van der Waals surface area contributed by atoms with Gasteiger partial charge in [-0.1, -0.05) is 6.92 Å². The van der Waals surface area contributed by atoms with Crippen molar-refractivity contribution in [1.29, 1.82) is 0 Å². The van der Waals surface area contributed by atoms with Crippen LogP contribution in [0.5, 0.6) is 0 Å². The Balaban J connectivity index is 2.67. The predicted octanol–water partition coefficient (Wildman–Crippen LogP) is -1.06. The van der Waals surface area contributed by atoms with E-state index in [2.05, 4.69) is 5.32 Å². The molecule has 1 unspecified atom stereocenters. The molecule has 1 N–H and O–H groups in total. The number of hydrogen-bond acceptors (Lipinski definition) is 4. The molecule has 0 fully saturated rings. The zero-order chi connectivity index (χ0) is 13.7. The monoisotopic (exact) mass is 273 g/mol. The van der Waals surface area contributed by atoms with Crippen molar-refractivity contribution in [2.24, 2.45) is 14.1 Å². The molecular formula is C11H19N3O3S. The van der Waals surface area contributed by atoms with E-state index < -0.39 is 10.8 Å². The largest absolute Gasteiger partial charge is 0.330 e. The fourth-order valence-corrected chi connectivity index (χ4v) is 2.22. The number of rotatable bonds is 6. The van der Waals surface area contributed by atoms with Crippen LogP contribution in [0.25, 0.3) is 0 Å². The lowest BCUT2D eigenvalue weighted by Crippen LogP contribution is -2.39. The van der Waals surface area contributed by atoms with Crippen molar-refractivity contribution in [3.63, 3.8) is 0 Å². The third-order valence-electron chi connectivity index (χ3n) is 2.66. The minimum absolute atomic E-state index is 0.290. The van der Waals surface area contributed by atoms with Crippen LogP contribution in [0.4, 0.5) is 0 Å². The molecule has 0 amide bonds. The lowest BCUT2D eigenvalue weighted by atomic mass is 10.3. The standard InChI is InChI=1S/C11H19N3O3S/c1-4-18(17)6-5-12-7-9-8-13(2)11(16)14(3)10(9)15/h8,12H,4-7H2,1-3H3. The van der Waals surface area contributed by atoms with Crippen molar-refractivity contribution in [3.05, 3.63) is 32.6 Å². The smallest absolute Gasteiger partial charge is 0.311 e. The normalized spacial score (nSPS) is 12.6. The summed E-state index contributed by atoms with van der Waals surface area (Å²) in [5.74, 6) is 1.21. The quantitative estimate of drug-likeness (QED) is 0.671. The topological polar surface area (TPSA) is 73.1 Å². The second-order valence-electron chi connectivity index (χ2n) is 4.02. The highest BCUT2D eigenvalue weighted by molar-refractivity contribution is 7.84. The van der Waals surface area contributed by atoms with Crippen molar-refractivity contribution < 1.29 is 4.21 Å². The molecule has 0 aliphatic carbocycles. The average molecular weight is 273 g/mol. The van der Waals surface area contributed by atoms with Crippen LogP contribution in [0.3, 0.4) is 0 Å². The van der Waals surface area contributed by atoms with Crippen LogP contribution in [0.1, 0.15) is 12.5 Å². The van der Waals surface area contributed by atoms with Gasteiger partial charge in [0.1, 0.15) is 0 Å². The van der Waals surface area contributed by atoms with Gasteiger partial charge < -0.3 is 9.88 Å². The van der Waals surface area contributed by atoms with Gasteiger partial charge in [-0.25, -0.2) is 4.79 Å². The van der Waals surface area contributed by atoms with Gasteiger partial charge in [-0.15, -0.1) is 0 Å². The average Bonchev–Trinajstić information content (AvgIpc) is 2.37. The number of nitrogens with one attached hydrogen (secondary N) is 1. The Morgan fingerprint density at radius 3 is 2.61 bits per heavy atom. The molecule has 1 heterocycles. The molecule has 0 saturated carbocycles. The fraction of sp³-hybridized carbons (Fsp3) is 0.636. The molecule has 102 valence electrons. The van der Waals surface area contributed by atoms with Crippen LogP contribution in [-0.2, 0) is 31.4 Å². The molecule has 0 radical (unpaired) electrons. The minimum atomic E-state index is -0.804. The molecule has 1 atom stereocenters. The maximum absolute atomic E-state index is 11.8. The molecule has 6 nitrogen and oxygen atoms in total. The molecule has 0 saturated heterocycles. The summed E-state index contributed by atoms with van der Waals surface area (Å²) >= 11 is 0. The van der Waals surface area contributed by atoms with E-state index in [1.807, 2.05) is 6.92 Å². The zero-order valence-corrected chi connectivity index (χ0v) is 11.7. The lowest BCUT2D eigenvalue weighted by molar-refractivity contribution is 0.638. The van der Waals surface area contributed by atoms with Gasteiger partial charge in [0.2, 0.25) is 0 Å². The summed E-state index contributed by atoms with van der Waals surface area (Å²) in [7, 11) is 2.26. The predicted molar refractivity (Wildman–Crippen MR) is 72.2 cm³/mol. The number of nitrogens with zero attached hydrogens (tertiary/aromatic N) is 2. The van der Waals surface area contributed by atoms with Crippen molar-refractivity contribution >= 4 is 10.8 Å². The molecule has 0 bridgehead atoms. The molecule has 18 heavy (non-hydrogen) atoms. The molecule has 1 aromatic heterocycles. The highest BCUT2D eigenvalue weighted by Crippen LogP contribution is 1.87. The Bertz CT molecular complexity index is 547. The summed E-state index contributed by atoms with van der Waals surface area (Å²) in [6.07, 6.45) is 1.54. The first-order chi connectivity index (χ1) is 8.47. The van der Waals surface area contributed by atoms with Gasteiger partial charge >= 0.3 is 5.69 Å². The van der Waals surface area contributed by atoms with Gasteiger partial charge in [0.25, 0.3) is 5.56 Å². The number of aromatic nitrogens is 2. The summed E-state index contributed by atoms with van der Waals surface area (Å²) in [5.41, 5.74) is -0.0973. The summed E-state index contributed by atoms with van der Waals surface area (Å²) in [4.78, 5) is 23.2. The van der Waals surface area contributed by atoms with Crippen molar-refractivity contribution in [2.45, 2.75) is 13.5 Å². The Kier molecular flexibility index (Phi) is 5.49. The molecule has 1 aromatic rings. The van der Waals surface area contributed by atoms with Crippen molar-refractivity contribution in [1.82, 2.24) is 14.5 Å². The van der Waals surface area contributed by atoms with Crippen LogP contribution in [0.2, 0.25) is 0 Å². The maximum Gasteiger partial charge on any atom is 0.330 e. The molecule has 0 aliphatic heterocycles. The second kappa shape index (κ2) is 6.65. The summed E-state index contributed by atoms with van der Waals surface area (Å²) < 4.78 is 13.7. The van der Waals surface area contributed by atoms with E-state index in [1.54, 1.807) is 7.05 Å². The van der Waals surface area contributed by atoms with E-state index in [1.165, 1.54) is 17.8 Å². The van der Waals surface area contributed by atoms with Crippen LogP contribution >= 0.6 is 0 Å². The van der Waals surface area contributed by atoms with Gasteiger partial charge in [-0.3, -0.25) is 13.6 Å². The highest BCUT2D eigenvalue weighted by Gasteiger charge is 2.06. The van der Waals surface area contributed by atoms with Crippen LogP contribution in [-0.4, -0.2) is 31.4 Å². The van der Waals surface area contributed by atoms with E-state index in [-0.39, 0.29) is 11.2 Å². The highest BCUT2D eigenvalue weighted by atomic mass is 32.2. The van der Waals surface area contributed by atoms with E-state index in [0.29, 0.717) is 30.2 Å². The second-order valence-corrected chi connectivity index (χ2v) is 5.89. The molecule has 0 spiro atoms. The first-order valence-corrected chi connectivity index (χ1v) is 7.27. The van der Waals surface area contributed by atoms with Crippen LogP contribution in [0.15, 0.2) is 15.8 Å². The molecule has 1 rings (SSSR count). The summed E-state index contributed by atoms with van der Waals surface area (Å²) in [6, 6.07) is 0. The first-order valence-electron chi connectivity index (χ1n) is 5.78. The molecule has 0 aromatic carbocycles. The van der Waals surface area contributed by atoms with E-state index >= 15 is 0 Å². The SMILES string of the molecule is CCS(=O)CCNCc1cn(C)c(=O)n(C)c1=O. The van der Waals surface area contributed by atoms with Gasteiger partial charge in [0.15, 0.2) is 0 Å². The van der Waals surface area contributed by atoms with Gasteiger partial charge in [-0.05, 0) is 0 Å². The molecule has 7 heteroatoms. The van der Waals surface area contributed by atoms with Gasteiger partial charge in [0.05, 0.1) is 0 Å². The summed E-state index contributed by atoms with van der Waals surface area (Å²) in [6.45, 7) is 2.84. The van der Waals surface area contributed by atoms with Crippen molar-refractivity contribution in [2.75, 3.05) is 18.1 Å². The Hall–Kier alpha value is -1.21. The Labute approximate surface area is 108 Å². The molecular weight excluding hydrogens is 254 g/mol. The Morgan fingerprint density at radius 1 is 1.33 bits per heavy atom. The Morgan fingerprint density at radius 2 is 2.00 bits per heavy atom. The minimum Gasteiger partial charge on any atom is -0.311 e. The third kappa shape index (κ3) is 3.64. The molecule has 0 aliphatic rings. The zero-order valence-electron chi connectivity index (χ0n) is 10.9. The van der Waals surface area contributed by atoms with Gasteiger partial charge in [-0.2, -0.15) is 0 Å².